The van der Waals surface area contributed by atoms with Gasteiger partial charge in [-0.25, -0.2) is 8.42 Å². The van der Waals surface area contributed by atoms with Gasteiger partial charge in [0.1, 0.15) is 16.3 Å². The molecular formula is C24H34N4O5S. The van der Waals surface area contributed by atoms with Gasteiger partial charge in [-0.1, -0.05) is 30.1 Å². The number of likely N-dealkylation sites (tertiary alicyclic amines) is 1. The molecule has 9 nitrogen and oxygen atoms in total. The Morgan fingerprint density at radius 3 is 2.38 bits per heavy atom. The Balaban J connectivity index is 1.40. The molecule has 1 unspecified atom stereocenters. The fourth-order valence-corrected chi connectivity index (χ4v) is 6.70. The number of hydrogen-bond donors (Lipinski definition) is 0. The van der Waals surface area contributed by atoms with Crippen molar-refractivity contribution in [2.75, 3.05) is 46.4 Å². The average molecular weight is 491 g/mol. The van der Waals surface area contributed by atoms with E-state index < -0.39 is 10.0 Å². The SMILES string of the molecule is COc1ccc(C2CCCCCN2CC(=O)N2CCN(S(=O)(=O)c3c(C)noc3C)CC2)cc1. The van der Waals surface area contributed by atoms with E-state index >= 15 is 0 Å². The number of hydrogen-bond acceptors (Lipinski definition) is 7. The van der Waals surface area contributed by atoms with Crippen LogP contribution >= 0.6 is 0 Å². The molecule has 2 saturated heterocycles. The van der Waals surface area contributed by atoms with Crippen LogP contribution in [-0.2, 0) is 14.8 Å². The Morgan fingerprint density at radius 2 is 1.76 bits per heavy atom. The molecule has 186 valence electrons. The molecule has 0 bridgehead atoms. The Hall–Kier alpha value is -2.43. The first-order valence-electron chi connectivity index (χ1n) is 11.9. The molecule has 2 fully saturated rings. The van der Waals surface area contributed by atoms with Gasteiger partial charge in [-0.15, -0.1) is 0 Å². The lowest BCUT2D eigenvalue weighted by Crippen LogP contribution is -2.52. The summed E-state index contributed by atoms with van der Waals surface area (Å²) < 4.78 is 37.9. The molecular weight excluding hydrogens is 456 g/mol. The predicted molar refractivity (Wildman–Crippen MR) is 127 cm³/mol. The van der Waals surface area contributed by atoms with E-state index in [0.29, 0.717) is 31.1 Å². The third-order valence-electron chi connectivity index (χ3n) is 6.86. The third kappa shape index (κ3) is 5.13. The van der Waals surface area contributed by atoms with E-state index in [9.17, 15) is 13.2 Å². The van der Waals surface area contributed by atoms with Crippen molar-refractivity contribution in [3.63, 3.8) is 0 Å². The molecule has 2 aromatic rings. The number of benzene rings is 1. The Bertz CT molecular complexity index is 1070. The first kappa shape index (κ1) is 24.7. The van der Waals surface area contributed by atoms with Gasteiger partial charge in [-0.2, -0.15) is 4.31 Å². The van der Waals surface area contributed by atoms with Crippen LogP contribution in [0.25, 0.3) is 0 Å². The standard InChI is InChI=1S/C24H34N4O5S/c1-18-24(19(2)33-25-18)34(30,31)28-15-13-26(14-16-28)23(29)17-27-12-6-4-5-7-22(27)20-8-10-21(32-3)11-9-20/h8-11,22H,4-7,12-17H2,1-3H3. The van der Waals surface area contributed by atoms with Crippen molar-refractivity contribution >= 4 is 15.9 Å². The van der Waals surface area contributed by atoms with E-state index in [2.05, 4.69) is 22.2 Å². The van der Waals surface area contributed by atoms with Crippen LogP contribution < -0.4 is 4.74 Å². The van der Waals surface area contributed by atoms with Crippen molar-refractivity contribution in [2.45, 2.75) is 50.5 Å². The highest BCUT2D eigenvalue weighted by Crippen LogP contribution is 2.31. The van der Waals surface area contributed by atoms with E-state index in [0.717, 1.165) is 38.0 Å². The first-order chi connectivity index (χ1) is 16.3. The van der Waals surface area contributed by atoms with Crippen LogP contribution in [0.15, 0.2) is 33.7 Å². The summed E-state index contributed by atoms with van der Waals surface area (Å²) in [7, 11) is -2.04. The van der Waals surface area contributed by atoms with E-state index in [1.54, 1.807) is 25.9 Å². The number of ether oxygens (including phenoxy) is 1. The van der Waals surface area contributed by atoms with E-state index in [1.165, 1.54) is 9.87 Å². The number of amides is 1. The number of carbonyl (C=O) groups is 1. The molecule has 34 heavy (non-hydrogen) atoms. The minimum absolute atomic E-state index is 0.0507. The lowest BCUT2D eigenvalue weighted by molar-refractivity contribution is -0.134. The minimum atomic E-state index is -3.69. The molecule has 0 saturated carbocycles. The average Bonchev–Trinajstić information content (AvgIpc) is 3.03. The second-order valence-electron chi connectivity index (χ2n) is 9.05. The summed E-state index contributed by atoms with van der Waals surface area (Å²) in [5.41, 5.74) is 1.56. The van der Waals surface area contributed by atoms with Gasteiger partial charge < -0.3 is 14.2 Å². The van der Waals surface area contributed by atoms with Crippen LogP contribution in [0.5, 0.6) is 5.75 Å². The molecule has 4 rings (SSSR count). The molecule has 0 radical (unpaired) electrons. The number of rotatable bonds is 6. The maximum atomic E-state index is 13.2. The van der Waals surface area contributed by atoms with Crippen LogP contribution in [0.4, 0.5) is 0 Å². The summed E-state index contributed by atoms with van der Waals surface area (Å²) in [5.74, 6) is 1.17. The largest absolute Gasteiger partial charge is 0.497 e. The smallest absolute Gasteiger partial charge is 0.248 e. The van der Waals surface area contributed by atoms with E-state index in [-0.39, 0.29) is 29.9 Å². The number of piperazine rings is 1. The summed E-state index contributed by atoms with van der Waals surface area (Å²) in [6.45, 7) is 5.73. The molecule has 1 aromatic carbocycles. The van der Waals surface area contributed by atoms with E-state index in [1.807, 2.05) is 12.1 Å². The molecule has 0 aliphatic carbocycles. The third-order valence-corrected chi connectivity index (χ3v) is 9.00. The quantitative estimate of drug-likeness (QED) is 0.614. The molecule has 1 aromatic heterocycles. The zero-order valence-electron chi connectivity index (χ0n) is 20.2. The number of aryl methyl sites for hydroxylation is 2. The highest BCUT2D eigenvalue weighted by molar-refractivity contribution is 7.89. The molecule has 1 amide bonds. The van der Waals surface area contributed by atoms with Crippen molar-refractivity contribution in [1.82, 2.24) is 19.3 Å². The van der Waals surface area contributed by atoms with Gasteiger partial charge in [0.05, 0.1) is 13.7 Å². The maximum absolute atomic E-state index is 13.2. The zero-order valence-corrected chi connectivity index (χ0v) is 21.0. The summed E-state index contributed by atoms with van der Waals surface area (Å²) in [6, 6.07) is 8.31. The number of methoxy groups -OCH3 is 1. The first-order valence-corrected chi connectivity index (χ1v) is 13.3. The van der Waals surface area contributed by atoms with Crippen molar-refractivity contribution < 1.29 is 22.5 Å². The molecule has 10 heteroatoms. The number of nitrogens with zero attached hydrogens (tertiary/aromatic N) is 4. The lowest BCUT2D eigenvalue weighted by Gasteiger charge is -2.36. The van der Waals surface area contributed by atoms with Gasteiger partial charge >= 0.3 is 0 Å². The number of carbonyl (C=O) groups excluding carboxylic acids is 1. The van der Waals surface area contributed by atoms with Crippen molar-refractivity contribution in [2.24, 2.45) is 0 Å². The van der Waals surface area contributed by atoms with Crippen LogP contribution in [0.3, 0.4) is 0 Å². The van der Waals surface area contributed by atoms with Gasteiger partial charge in [0.2, 0.25) is 15.9 Å². The van der Waals surface area contributed by atoms with Gasteiger partial charge in [0.25, 0.3) is 0 Å². The summed E-state index contributed by atoms with van der Waals surface area (Å²) in [4.78, 5) is 17.4. The lowest BCUT2D eigenvalue weighted by atomic mass is 10.0. The van der Waals surface area contributed by atoms with Crippen molar-refractivity contribution in [1.29, 1.82) is 0 Å². The summed E-state index contributed by atoms with van der Waals surface area (Å²) in [6.07, 6.45) is 4.39. The van der Waals surface area contributed by atoms with Crippen LogP contribution in [0.2, 0.25) is 0 Å². The topological polar surface area (TPSA) is 96.2 Å². The van der Waals surface area contributed by atoms with Gasteiger partial charge in [-0.05, 0) is 50.9 Å². The monoisotopic (exact) mass is 490 g/mol. The van der Waals surface area contributed by atoms with Crippen LogP contribution in [0.1, 0.15) is 48.7 Å². The fraction of sp³-hybridized carbons (Fsp3) is 0.583. The van der Waals surface area contributed by atoms with E-state index in [4.69, 9.17) is 9.26 Å². The van der Waals surface area contributed by atoms with Gasteiger partial charge in [0.15, 0.2) is 5.76 Å². The number of sulfonamides is 1. The maximum Gasteiger partial charge on any atom is 0.248 e. The van der Waals surface area contributed by atoms with Gasteiger partial charge in [-0.3, -0.25) is 9.69 Å². The second kappa shape index (κ2) is 10.5. The molecule has 1 atom stereocenters. The molecule has 2 aliphatic heterocycles. The zero-order chi connectivity index (χ0) is 24.3. The summed E-state index contributed by atoms with van der Waals surface area (Å²) >= 11 is 0. The normalized spacial score (nSPS) is 20.8. The number of aromatic nitrogens is 1. The fourth-order valence-electron chi connectivity index (χ4n) is 4.98. The Kier molecular flexibility index (Phi) is 7.59. The molecule has 0 N–H and O–H groups in total. The van der Waals surface area contributed by atoms with Crippen molar-refractivity contribution in [3.8, 4) is 5.75 Å². The highest BCUT2D eigenvalue weighted by Gasteiger charge is 2.35. The van der Waals surface area contributed by atoms with Crippen LogP contribution in [0, 0.1) is 13.8 Å². The second-order valence-corrected chi connectivity index (χ2v) is 10.9. The highest BCUT2D eigenvalue weighted by atomic mass is 32.2. The summed E-state index contributed by atoms with van der Waals surface area (Å²) in [5, 5.41) is 3.78. The van der Waals surface area contributed by atoms with Crippen LogP contribution in [-0.4, -0.2) is 80.0 Å². The van der Waals surface area contributed by atoms with Crippen molar-refractivity contribution in [3.05, 3.63) is 41.3 Å². The predicted octanol–water partition coefficient (Wildman–Crippen LogP) is 2.75. The molecule has 0 spiro atoms. The molecule has 2 aliphatic rings. The van der Waals surface area contributed by atoms with Gasteiger partial charge in [0, 0.05) is 32.2 Å². The molecule has 3 heterocycles. The Labute approximate surface area is 201 Å². The minimum Gasteiger partial charge on any atom is -0.497 e. The Morgan fingerprint density at radius 1 is 1.06 bits per heavy atom.